The van der Waals surface area contributed by atoms with E-state index in [2.05, 4.69) is 22.2 Å². The Labute approximate surface area is 110 Å². The van der Waals surface area contributed by atoms with Crippen molar-refractivity contribution in [3.05, 3.63) is 0 Å². The predicted octanol–water partition coefficient (Wildman–Crippen LogP) is -0.371. The zero-order chi connectivity index (χ0) is 12.8. The van der Waals surface area contributed by atoms with Gasteiger partial charge in [0.15, 0.2) is 0 Å². The number of rotatable bonds is 6. The van der Waals surface area contributed by atoms with Crippen LogP contribution in [-0.4, -0.2) is 88.6 Å². The molecule has 1 unspecified atom stereocenters. The van der Waals surface area contributed by atoms with Crippen LogP contribution in [0.3, 0.4) is 0 Å². The third kappa shape index (κ3) is 3.90. The molecule has 18 heavy (non-hydrogen) atoms. The lowest BCUT2D eigenvalue weighted by Crippen LogP contribution is -2.48. The molecule has 2 heterocycles. The maximum atomic E-state index is 5.60. The van der Waals surface area contributed by atoms with Gasteiger partial charge in [0.05, 0.1) is 6.61 Å². The minimum absolute atomic E-state index is 0.0812. The van der Waals surface area contributed by atoms with Crippen LogP contribution in [0.5, 0.6) is 0 Å². The highest BCUT2D eigenvalue weighted by Gasteiger charge is 2.34. The molecule has 0 aromatic carbocycles. The van der Waals surface area contributed by atoms with Crippen LogP contribution in [0.2, 0.25) is 0 Å². The average molecular weight is 257 g/mol. The topological polar surface area (TPSA) is 37.0 Å². The highest BCUT2D eigenvalue weighted by atomic mass is 16.5. The molecule has 2 aliphatic heterocycles. The molecule has 0 bridgehead atoms. The molecule has 0 saturated carbocycles. The van der Waals surface area contributed by atoms with E-state index >= 15 is 0 Å². The summed E-state index contributed by atoms with van der Waals surface area (Å²) >= 11 is 0. The van der Waals surface area contributed by atoms with Gasteiger partial charge in [-0.3, -0.25) is 4.90 Å². The van der Waals surface area contributed by atoms with Crippen molar-refractivity contribution in [2.45, 2.75) is 12.0 Å². The predicted molar refractivity (Wildman–Crippen MR) is 72.0 cm³/mol. The lowest BCUT2D eigenvalue weighted by atomic mass is 10.0. The number of piperazine rings is 1. The molecule has 2 saturated heterocycles. The second kappa shape index (κ2) is 6.82. The smallest absolute Gasteiger partial charge is 0.106 e. The highest BCUT2D eigenvalue weighted by Crippen LogP contribution is 2.21. The van der Waals surface area contributed by atoms with Gasteiger partial charge in [0, 0.05) is 66.0 Å². The Kier molecular flexibility index (Phi) is 5.38. The first-order valence-corrected chi connectivity index (χ1v) is 6.99. The maximum absolute atomic E-state index is 5.60. The van der Waals surface area contributed by atoms with Crippen LogP contribution in [0, 0.1) is 0 Å². The number of nitrogens with one attached hydrogen (secondary N) is 1. The number of hydrogen-bond donors (Lipinski definition) is 1. The van der Waals surface area contributed by atoms with E-state index in [0.29, 0.717) is 0 Å². The van der Waals surface area contributed by atoms with Crippen LogP contribution in [0.15, 0.2) is 0 Å². The summed E-state index contributed by atoms with van der Waals surface area (Å²) in [7, 11) is 3.98. The number of methoxy groups -OCH3 is 1. The first kappa shape index (κ1) is 14.2. The van der Waals surface area contributed by atoms with Crippen molar-refractivity contribution in [3.63, 3.8) is 0 Å². The summed E-state index contributed by atoms with van der Waals surface area (Å²) in [5.41, 5.74) is -0.0812. The van der Waals surface area contributed by atoms with Crippen LogP contribution >= 0.6 is 0 Å². The quantitative estimate of drug-likeness (QED) is 0.657. The van der Waals surface area contributed by atoms with E-state index in [1.54, 1.807) is 7.11 Å². The average Bonchev–Trinajstić information content (AvgIpc) is 2.86. The van der Waals surface area contributed by atoms with Crippen molar-refractivity contribution in [2.75, 3.05) is 73.2 Å². The lowest BCUT2D eigenvalue weighted by molar-refractivity contribution is -0.0160. The van der Waals surface area contributed by atoms with Crippen molar-refractivity contribution < 1.29 is 9.47 Å². The minimum atomic E-state index is -0.0812. The molecule has 5 nitrogen and oxygen atoms in total. The van der Waals surface area contributed by atoms with Crippen LogP contribution in [0.25, 0.3) is 0 Å². The van der Waals surface area contributed by atoms with E-state index in [-0.39, 0.29) is 5.60 Å². The van der Waals surface area contributed by atoms with Crippen LogP contribution < -0.4 is 5.32 Å². The molecule has 2 rings (SSSR count). The van der Waals surface area contributed by atoms with Gasteiger partial charge in [0.25, 0.3) is 0 Å². The first-order chi connectivity index (χ1) is 8.74. The largest absolute Gasteiger partial charge is 0.378 e. The van der Waals surface area contributed by atoms with Crippen molar-refractivity contribution in [1.29, 1.82) is 0 Å². The minimum Gasteiger partial charge on any atom is -0.378 e. The zero-order valence-corrected chi connectivity index (χ0v) is 11.8. The van der Waals surface area contributed by atoms with Crippen molar-refractivity contribution in [3.8, 4) is 0 Å². The second-order valence-corrected chi connectivity index (χ2v) is 5.51. The Balaban J connectivity index is 1.58. The molecule has 2 fully saturated rings. The molecule has 2 aliphatic rings. The SMILES string of the molecule is COC1(CNCCN2CCN(C)CC2)CCOC1. The van der Waals surface area contributed by atoms with Gasteiger partial charge in [-0.2, -0.15) is 0 Å². The van der Waals surface area contributed by atoms with E-state index in [0.717, 1.165) is 39.3 Å². The first-order valence-electron chi connectivity index (χ1n) is 6.99. The van der Waals surface area contributed by atoms with Crippen molar-refractivity contribution >= 4 is 0 Å². The van der Waals surface area contributed by atoms with Gasteiger partial charge in [-0.25, -0.2) is 0 Å². The molecule has 0 aromatic heterocycles. The third-order valence-corrected chi connectivity index (χ3v) is 4.15. The summed E-state index contributed by atoms with van der Waals surface area (Å²) in [4.78, 5) is 4.91. The fourth-order valence-electron chi connectivity index (χ4n) is 2.59. The van der Waals surface area contributed by atoms with Gasteiger partial charge < -0.3 is 19.7 Å². The van der Waals surface area contributed by atoms with Gasteiger partial charge in [0.1, 0.15) is 5.60 Å². The number of likely N-dealkylation sites (N-methyl/N-ethyl adjacent to an activating group) is 1. The fourth-order valence-corrected chi connectivity index (χ4v) is 2.59. The molecule has 1 N–H and O–H groups in total. The number of hydrogen-bond acceptors (Lipinski definition) is 5. The fraction of sp³-hybridized carbons (Fsp3) is 1.00. The van der Waals surface area contributed by atoms with Crippen LogP contribution in [0.1, 0.15) is 6.42 Å². The van der Waals surface area contributed by atoms with E-state index in [1.807, 2.05) is 0 Å². The second-order valence-electron chi connectivity index (χ2n) is 5.51. The number of nitrogens with zero attached hydrogens (tertiary/aromatic N) is 2. The molecule has 0 amide bonds. The Morgan fingerprint density at radius 2 is 2.06 bits per heavy atom. The summed E-state index contributed by atoms with van der Waals surface area (Å²) < 4.78 is 11.0. The molecule has 0 aromatic rings. The standard InChI is InChI=1S/C13H27N3O2/c1-15-6-8-16(9-7-15)5-4-14-11-13(17-2)3-10-18-12-13/h14H,3-12H2,1-2H3. The van der Waals surface area contributed by atoms with Gasteiger partial charge >= 0.3 is 0 Å². The van der Waals surface area contributed by atoms with Crippen LogP contribution in [0.4, 0.5) is 0 Å². The molecule has 0 aliphatic carbocycles. The van der Waals surface area contributed by atoms with E-state index in [1.165, 1.54) is 26.2 Å². The lowest BCUT2D eigenvalue weighted by Gasteiger charge is -2.33. The zero-order valence-electron chi connectivity index (χ0n) is 11.8. The molecule has 1 atom stereocenters. The Morgan fingerprint density at radius 3 is 2.67 bits per heavy atom. The van der Waals surface area contributed by atoms with Gasteiger partial charge in [-0.05, 0) is 7.05 Å². The summed E-state index contributed by atoms with van der Waals surface area (Å²) in [6.45, 7) is 9.39. The summed E-state index contributed by atoms with van der Waals surface area (Å²) in [5.74, 6) is 0. The van der Waals surface area contributed by atoms with Gasteiger partial charge in [0.2, 0.25) is 0 Å². The summed E-state index contributed by atoms with van der Waals surface area (Å²) in [6.07, 6.45) is 1.00. The van der Waals surface area contributed by atoms with E-state index in [9.17, 15) is 0 Å². The normalized spacial score (nSPS) is 31.0. The Morgan fingerprint density at radius 1 is 1.28 bits per heavy atom. The Hall–Kier alpha value is -0.200. The third-order valence-electron chi connectivity index (χ3n) is 4.15. The van der Waals surface area contributed by atoms with Crippen LogP contribution in [-0.2, 0) is 9.47 Å². The van der Waals surface area contributed by atoms with E-state index in [4.69, 9.17) is 9.47 Å². The van der Waals surface area contributed by atoms with Crippen molar-refractivity contribution in [1.82, 2.24) is 15.1 Å². The molecular formula is C13H27N3O2. The molecule has 0 radical (unpaired) electrons. The van der Waals surface area contributed by atoms with Gasteiger partial charge in [-0.15, -0.1) is 0 Å². The molecular weight excluding hydrogens is 230 g/mol. The summed E-state index contributed by atoms with van der Waals surface area (Å²) in [5, 5.41) is 3.52. The highest BCUT2D eigenvalue weighted by molar-refractivity contribution is 4.87. The molecule has 0 spiro atoms. The summed E-state index contributed by atoms with van der Waals surface area (Å²) in [6, 6.07) is 0. The van der Waals surface area contributed by atoms with Gasteiger partial charge in [-0.1, -0.05) is 0 Å². The molecule has 106 valence electrons. The maximum Gasteiger partial charge on any atom is 0.106 e. The Bertz CT molecular complexity index is 236. The van der Waals surface area contributed by atoms with Crippen molar-refractivity contribution in [2.24, 2.45) is 0 Å². The molecule has 5 heteroatoms. The number of ether oxygens (including phenoxy) is 2. The monoisotopic (exact) mass is 257 g/mol. The van der Waals surface area contributed by atoms with E-state index < -0.39 is 0 Å².